The second-order valence-electron chi connectivity index (χ2n) is 2.43. The van der Waals surface area contributed by atoms with Crippen LogP contribution in [0.4, 0.5) is 8.78 Å². The topological polar surface area (TPSA) is 26.0 Å². The van der Waals surface area contributed by atoms with E-state index in [1.165, 1.54) is 18.2 Å². The lowest BCUT2D eigenvalue weighted by Gasteiger charge is -2.09. The highest BCUT2D eigenvalue weighted by molar-refractivity contribution is 9.10. The Morgan fingerprint density at radius 3 is 2.67 bits per heavy atom. The van der Waals surface area contributed by atoms with Gasteiger partial charge in [0.1, 0.15) is 12.5 Å². The molecule has 0 fully saturated rings. The standard InChI is InChI=1S/C8H8BrF2N/c9-7-3-5(11)1-2-6(7)8(12)4-10/h1-3,8H,4,12H2/t8-/m0/s1. The summed E-state index contributed by atoms with van der Waals surface area (Å²) in [5.74, 6) is -0.364. The Morgan fingerprint density at radius 1 is 1.50 bits per heavy atom. The van der Waals surface area contributed by atoms with Gasteiger partial charge in [-0.15, -0.1) is 0 Å². The van der Waals surface area contributed by atoms with E-state index in [1.54, 1.807) is 0 Å². The number of halogens is 3. The van der Waals surface area contributed by atoms with Crippen molar-refractivity contribution in [2.75, 3.05) is 6.67 Å². The molecule has 12 heavy (non-hydrogen) atoms. The maximum atomic E-state index is 12.6. The first kappa shape index (κ1) is 9.61. The van der Waals surface area contributed by atoms with Gasteiger partial charge in [-0.2, -0.15) is 0 Å². The summed E-state index contributed by atoms with van der Waals surface area (Å²) in [5.41, 5.74) is 6.00. The van der Waals surface area contributed by atoms with Gasteiger partial charge in [0.2, 0.25) is 0 Å². The van der Waals surface area contributed by atoms with E-state index >= 15 is 0 Å². The van der Waals surface area contributed by atoms with E-state index in [-0.39, 0.29) is 5.82 Å². The summed E-state index contributed by atoms with van der Waals surface area (Å²) < 4.78 is 25.2. The summed E-state index contributed by atoms with van der Waals surface area (Å²) in [7, 11) is 0. The van der Waals surface area contributed by atoms with E-state index in [0.29, 0.717) is 10.0 Å². The van der Waals surface area contributed by atoms with Crippen molar-refractivity contribution in [3.8, 4) is 0 Å². The van der Waals surface area contributed by atoms with Crippen LogP contribution < -0.4 is 5.73 Å². The first-order valence-corrected chi connectivity index (χ1v) is 4.21. The van der Waals surface area contributed by atoms with Gasteiger partial charge in [0.15, 0.2) is 0 Å². The Hall–Kier alpha value is -0.480. The first-order valence-electron chi connectivity index (χ1n) is 3.41. The lowest BCUT2D eigenvalue weighted by molar-refractivity contribution is 0.436. The predicted octanol–water partition coefficient (Wildman–Crippen LogP) is 2.56. The normalized spacial score (nSPS) is 13.0. The Morgan fingerprint density at radius 2 is 2.17 bits per heavy atom. The van der Waals surface area contributed by atoms with E-state index in [2.05, 4.69) is 15.9 Å². The number of hydrogen-bond donors (Lipinski definition) is 1. The molecule has 0 saturated carbocycles. The molecule has 0 radical (unpaired) electrons. The van der Waals surface area contributed by atoms with Crippen molar-refractivity contribution in [2.24, 2.45) is 5.73 Å². The average Bonchev–Trinajstić information content (AvgIpc) is 2.03. The molecule has 66 valence electrons. The lowest BCUT2D eigenvalue weighted by Crippen LogP contribution is -2.12. The van der Waals surface area contributed by atoms with Crippen molar-refractivity contribution < 1.29 is 8.78 Å². The van der Waals surface area contributed by atoms with Crippen LogP contribution in [0.5, 0.6) is 0 Å². The number of nitrogens with two attached hydrogens (primary N) is 1. The van der Waals surface area contributed by atoms with Crippen molar-refractivity contribution in [1.29, 1.82) is 0 Å². The number of hydrogen-bond acceptors (Lipinski definition) is 1. The van der Waals surface area contributed by atoms with Gasteiger partial charge in [0, 0.05) is 4.47 Å². The molecule has 0 aliphatic carbocycles. The minimum Gasteiger partial charge on any atom is -0.322 e. The molecule has 0 unspecified atom stereocenters. The van der Waals surface area contributed by atoms with Crippen molar-refractivity contribution in [2.45, 2.75) is 6.04 Å². The van der Waals surface area contributed by atoms with Crippen LogP contribution in [0.3, 0.4) is 0 Å². The van der Waals surface area contributed by atoms with E-state index in [9.17, 15) is 8.78 Å². The maximum Gasteiger partial charge on any atom is 0.124 e. The van der Waals surface area contributed by atoms with Crippen LogP contribution in [-0.4, -0.2) is 6.67 Å². The number of benzene rings is 1. The van der Waals surface area contributed by atoms with Gasteiger partial charge >= 0.3 is 0 Å². The van der Waals surface area contributed by atoms with Crippen molar-refractivity contribution in [3.05, 3.63) is 34.1 Å². The molecule has 0 spiro atoms. The predicted molar refractivity (Wildman–Crippen MR) is 47.0 cm³/mol. The first-order chi connectivity index (χ1) is 5.65. The van der Waals surface area contributed by atoms with Crippen LogP contribution in [0.2, 0.25) is 0 Å². The summed E-state index contributed by atoms with van der Waals surface area (Å²) in [6, 6.07) is 3.32. The SMILES string of the molecule is N[C@@H](CF)c1ccc(F)cc1Br. The van der Waals surface area contributed by atoms with Gasteiger partial charge in [0.05, 0.1) is 6.04 Å². The fourth-order valence-electron chi connectivity index (χ4n) is 0.885. The van der Waals surface area contributed by atoms with Gasteiger partial charge in [-0.1, -0.05) is 22.0 Å². The van der Waals surface area contributed by atoms with Crippen LogP contribution in [-0.2, 0) is 0 Å². The van der Waals surface area contributed by atoms with Gasteiger partial charge in [-0.3, -0.25) is 0 Å². The third-order valence-corrected chi connectivity index (χ3v) is 2.21. The average molecular weight is 236 g/mol. The minimum absolute atomic E-state index is 0.364. The number of rotatable bonds is 2. The molecule has 4 heteroatoms. The summed E-state index contributed by atoms with van der Waals surface area (Å²) >= 11 is 3.10. The van der Waals surface area contributed by atoms with E-state index < -0.39 is 12.7 Å². The molecule has 1 rings (SSSR count). The minimum atomic E-state index is -0.681. The van der Waals surface area contributed by atoms with Crippen LogP contribution in [0.15, 0.2) is 22.7 Å². The molecule has 1 aromatic carbocycles. The maximum absolute atomic E-state index is 12.6. The van der Waals surface area contributed by atoms with Crippen LogP contribution in [0, 0.1) is 5.82 Å². The molecule has 0 aromatic heterocycles. The fourth-order valence-corrected chi connectivity index (χ4v) is 1.53. The highest BCUT2D eigenvalue weighted by Gasteiger charge is 2.09. The Labute approximate surface area is 77.7 Å². The van der Waals surface area contributed by atoms with E-state index in [1.807, 2.05) is 0 Å². The van der Waals surface area contributed by atoms with Gasteiger partial charge in [-0.25, -0.2) is 8.78 Å². The molecule has 1 aromatic rings. The molecule has 0 heterocycles. The molecule has 0 bridgehead atoms. The van der Waals surface area contributed by atoms with E-state index in [4.69, 9.17) is 5.73 Å². The molecule has 2 N–H and O–H groups in total. The monoisotopic (exact) mass is 235 g/mol. The molecule has 0 saturated heterocycles. The zero-order valence-corrected chi connectivity index (χ0v) is 7.81. The highest BCUT2D eigenvalue weighted by Crippen LogP contribution is 2.23. The Kier molecular flexibility index (Phi) is 3.17. The second-order valence-corrected chi connectivity index (χ2v) is 3.28. The summed E-state index contributed by atoms with van der Waals surface area (Å²) in [5, 5.41) is 0. The zero-order chi connectivity index (χ0) is 9.14. The molecule has 0 aliphatic heterocycles. The Bertz CT molecular complexity index is 278. The third-order valence-electron chi connectivity index (χ3n) is 1.53. The molecular formula is C8H8BrF2N. The summed E-state index contributed by atoms with van der Waals surface area (Å²) in [6.07, 6.45) is 0. The van der Waals surface area contributed by atoms with Crippen molar-refractivity contribution >= 4 is 15.9 Å². The number of alkyl halides is 1. The smallest absolute Gasteiger partial charge is 0.124 e. The van der Waals surface area contributed by atoms with E-state index in [0.717, 1.165) is 0 Å². The Balaban J connectivity index is 3.01. The molecule has 1 nitrogen and oxygen atoms in total. The lowest BCUT2D eigenvalue weighted by atomic mass is 10.1. The van der Waals surface area contributed by atoms with Gasteiger partial charge < -0.3 is 5.73 Å². The van der Waals surface area contributed by atoms with Crippen LogP contribution in [0.1, 0.15) is 11.6 Å². The molecule has 1 atom stereocenters. The van der Waals surface area contributed by atoms with Gasteiger partial charge in [-0.05, 0) is 17.7 Å². The fraction of sp³-hybridized carbons (Fsp3) is 0.250. The molecule has 0 amide bonds. The highest BCUT2D eigenvalue weighted by atomic mass is 79.9. The summed E-state index contributed by atoms with van der Waals surface area (Å²) in [4.78, 5) is 0. The third kappa shape index (κ3) is 2.01. The van der Waals surface area contributed by atoms with Crippen molar-refractivity contribution in [1.82, 2.24) is 0 Å². The molecular weight excluding hydrogens is 228 g/mol. The summed E-state index contributed by atoms with van der Waals surface area (Å²) in [6.45, 7) is -0.649. The van der Waals surface area contributed by atoms with Crippen LogP contribution in [0.25, 0.3) is 0 Å². The second kappa shape index (κ2) is 3.96. The quantitative estimate of drug-likeness (QED) is 0.838. The van der Waals surface area contributed by atoms with Crippen LogP contribution >= 0.6 is 15.9 Å². The van der Waals surface area contributed by atoms with Crippen molar-refractivity contribution in [3.63, 3.8) is 0 Å². The van der Waals surface area contributed by atoms with Gasteiger partial charge in [0.25, 0.3) is 0 Å². The zero-order valence-electron chi connectivity index (χ0n) is 6.23. The molecule has 0 aliphatic rings. The largest absolute Gasteiger partial charge is 0.322 e.